The number of carboxylic acids is 1. The molecule has 0 radical (unpaired) electrons. The second kappa shape index (κ2) is 5.36. The largest absolute Gasteiger partial charge is 0.480 e. The summed E-state index contributed by atoms with van der Waals surface area (Å²) in [5.74, 6) is -1.33. The van der Waals surface area contributed by atoms with Gasteiger partial charge >= 0.3 is 12.0 Å². The highest BCUT2D eigenvalue weighted by Crippen LogP contribution is 2.18. The molecule has 0 saturated carbocycles. The van der Waals surface area contributed by atoms with E-state index in [0.29, 0.717) is 0 Å². The van der Waals surface area contributed by atoms with Crippen LogP contribution in [0.5, 0.6) is 0 Å². The number of hydrogen-bond acceptors (Lipinski definition) is 4. The van der Waals surface area contributed by atoms with Crippen LogP contribution in [0.3, 0.4) is 0 Å². The molecule has 0 aromatic carbocycles. The lowest BCUT2D eigenvalue weighted by molar-refractivity contribution is -0.138. The zero-order valence-electron chi connectivity index (χ0n) is 11.3. The molecule has 2 N–H and O–H groups in total. The van der Waals surface area contributed by atoms with Gasteiger partial charge in [0.1, 0.15) is 6.54 Å². The van der Waals surface area contributed by atoms with E-state index >= 15 is 0 Å². The molecule has 1 rings (SSSR count). The van der Waals surface area contributed by atoms with E-state index in [4.69, 9.17) is 5.11 Å². The summed E-state index contributed by atoms with van der Waals surface area (Å²) in [6, 6.07) is -1.11. The van der Waals surface area contributed by atoms with Crippen molar-refractivity contribution in [1.82, 2.24) is 10.2 Å². The molecule has 1 heterocycles. The Labute approximate surface area is 112 Å². The molecule has 1 fully saturated rings. The SMILES string of the molecule is CC(C)(C)NC(=O)N(CC(=O)O)C1CCS(=O)(=O)C1. The second-order valence-corrected chi connectivity index (χ2v) is 7.99. The van der Waals surface area contributed by atoms with E-state index in [2.05, 4.69) is 5.32 Å². The third kappa shape index (κ3) is 5.06. The number of carbonyl (C=O) groups excluding carboxylic acids is 1. The average molecular weight is 292 g/mol. The van der Waals surface area contributed by atoms with Crippen molar-refractivity contribution in [3.63, 3.8) is 0 Å². The van der Waals surface area contributed by atoms with Crippen LogP contribution in [-0.4, -0.2) is 60.1 Å². The summed E-state index contributed by atoms with van der Waals surface area (Å²) < 4.78 is 22.9. The standard InChI is InChI=1S/C11H20N2O5S/c1-11(2,3)12-10(16)13(6-9(14)15)8-4-5-19(17,18)7-8/h8H,4-7H2,1-3H3,(H,12,16)(H,14,15). The number of nitrogens with one attached hydrogen (secondary N) is 1. The summed E-state index contributed by atoms with van der Waals surface area (Å²) in [5.41, 5.74) is -0.509. The van der Waals surface area contributed by atoms with Gasteiger partial charge in [0, 0.05) is 11.6 Å². The van der Waals surface area contributed by atoms with E-state index < -0.39 is 40.0 Å². The molecule has 0 aromatic heterocycles. The minimum Gasteiger partial charge on any atom is -0.480 e. The second-order valence-electron chi connectivity index (χ2n) is 5.76. The van der Waals surface area contributed by atoms with E-state index in [1.165, 1.54) is 0 Å². The van der Waals surface area contributed by atoms with Gasteiger partial charge < -0.3 is 15.3 Å². The first-order valence-corrected chi connectivity index (χ1v) is 7.83. The molecular weight excluding hydrogens is 272 g/mol. The molecular formula is C11H20N2O5S. The summed E-state index contributed by atoms with van der Waals surface area (Å²) in [6.07, 6.45) is 0.285. The topological polar surface area (TPSA) is 104 Å². The van der Waals surface area contributed by atoms with Gasteiger partial charge in [0.05, 0.1) is 11.5 Å². The molecule has 110 valence electrons. The molecule has 1 aliphatic rings. The average Bonchev–Trinajstić information content (AvgIpc) is 2.52. The molecule has 0 spiro atoms. The van der Waals surface area contributed by atoms with Gasteiger partial charge in [-0.05, 0) is 27.2 Å². The normalized spacial score (nSPS) is 21.9. The number of urea groups is 1. The van der Waals surface area contributed by atoms with Crippen molar-refractivity contribution in [1.29, 1.82) is 0 Å². The lowest BCUT2D eigenvalue weighted by Gasteiger charge is -2.30. The van der Waals surface area contributed by atoms with Crippen LogP contribution in [0.1, 0.15) is 27.2 Å². The van der Waals surface area contributed by atoms with Gasteiger partial charge in [0.2, 0.25) is 0 Å². The Kier molecular flexibility index (Phi) is 4.44. The van der Waals surface area contributed by atoms with Crippen molar-refractivity contribution in [2.24, 2.45) is 0 Å². The van der Waals surface area contributed by atoms with E-state index in [1.807, 2.05) is 0 Å². The zero-order chi connectivity index (χ0) is 14.8. The van der Waals surface area contributed by atoms with Crippen molar-refractivity contribution in [3.05, 3.63) is 0 Å². The number of aliphatic carboxylic acids is 1. The first-order valence-electron chi connectivity index (χ1n) is 6.01. The quantitative estimate of drug-likeness (QED) is 0.766. The maximum atomic E-state index is 12.0. The van der Waals surface area contributed by atoms with Gasteiger partial charge in [-0.15, -0.1) is 0 Å². The molecule has 19 heavy (non-hydrogen) atoms. The Hall–Kier alpha value is -1.31. The molecule has 1 saturated heterocycles. The van der Waals surface area contributed by atoms with Gasteiger partial charge in [-0.25, -0.2) is 13.2 Å². The van der Waals surface area contributed by atoms with Crippen LogP contribution < -0.4 is 5.32 Å². The molecule has 0 bridgehead atoms. The minimum atomic E-state index is -3.17. The Morgan fingerprint density at radius 3 is 2.32 bits per heavy atom. The van der Waals surface area contributed by atoms with Crippen LogP contribution in [0, 0.1) is 0 Å². The molecule has 2 amide bonds. The fourth-order valence-electron chi connectivity index (χ4n) is 1.93. The molecule has 1 aliphatic heterocycles. The van der Waals surface area contributed by atoms with E-state index in [0.717, 1.165) is 4.90 Å². The molecule has 1 unspecified atom stereocenters. The molecule has 7 nitrogen and oxygen atoms in total. The maximum absolute atomic E-state index is 12.0. The summed E-state index contributed by atoms with van der Waals surface area (Å²) >= 11 is 0. The van der Waals surface area contributed by atoms with Gasteiger partial charge in [-0.1, -0.05) is 0 Å². The lowest BCUT2D eigenvalue weighted by Crippen LogP contribution is -2.53. The van der Waals surface area contributed by atoms with Crippen molar-refractivity contribution < 1.29 is 23.1 Å². The Balaban J connectivity index is 2.84. The molecule has 8 heteroatoms. The van der Waals surface area contributed by atoms with E-state index in [1.54, 1.807) is 20.8 Å². The van der Waals surface area contributed by atoms with Gasteiger partial charge in [0.25, 0.3) is 0 Å². The van der Waals surface area contributed by atoms with E-state index in [9.17, 15) is 18.0 Å². The maximum Gasteiger partial charge on any atom is 0.323 e. The van der Waals surface area contributed by atoms with Crippen LogP contribution in [0.2, 0.25) is 0 Å². The highest BCUT2D eigenvalue weighted by Gasteiger charge is 2.36. The van der Waals surface area contributed by atoms with Crippen molar-refractivity contribution in [3.8, 4) is 0 Å². The van der Waals surface area contributed by atoms with Crippen LogP contribution in [0.25, 0.3) is 0 Å². The van der Waals surface area contributed by atoms with E-state index in [-0.39, 0.29) is 17.9 Å². The number of sulfone groups is 1. The number of hydrogen-bond donors (Lipinski definition) is 2. The zero-order valence-corrected chi connectivity index (χ0v) is 12.2. The van der Waals surface area contributed by atoms with Gasteiger partial charge in [0.15, 0.2) is 9.84 Å². The van der Waals surface area contributed by atoms with Gasteiger partial charge in [-0.3, -0.25) is 4.79 Å². The fraction of sp³-hybridized carbons (Fsp3) is 0.818. The Bertz CT molecular complexity index is 466. The lowest BCUT2D eigenvalue weighted by atomic mass is 10.1. The van der Waals surface area contributed by atoms with Crippen molar-refractivity contribution >= 4 is 21.8 Å². The number of carbonyl (C=O) groups is 2. The highest BCUT2D eigenvalue weighted by molar-refractivity contribution is 7.91. The number of rotatable bonds is 3. The molecule has 1 atom stereocenters. The minimum absolute atomic E-state index is 0.00339. The van der Waals surface area contributed by atoms with Crippen molar-refractivity contribution in [2.45, 2.75) is 38.8 Å². The van der Waals surface area contributed by atoms with Crippen LogP contribution in [0.4, 0.5) is 4.79 Å². The highest BCUT2D eigenvalue weighted by atomic mass is 32.2. The van der Waals surface area contributed by atoms with Crippen molar-refractivity contribution in [2.75, 3.05) is 18.1 Å². The number of nitrogens with zero attached hydrogens (tertiary/aromatic N) is 1. The summed E-state index contributed by atoms with van der Waals surface area (Å²) in [7, 11) is -3.17. The summed E-state index contributed by atoms with van der Waals surface area (Å²) in [4.78, 5) is 24.0. The number of amides is 2. The smallest absolute Gasteiger partial charge is 0.323 e. The third-order valence-electron chi connectivity index (χ3n) is 2.70. The summed E-state index contributed by atoms with van der Waals surface area (Å²) in [6.45, 7) is 4.82. The first kappa shape index (κ1) is 15.7. The fourth-order valence-corrected chi connectivity index (χ4v) is 3.66. The third-order valence-corrected chi connectivity index (χ3v) is 4.45. The Morgan fingerprint density at radius 2 is 1.95 bits per heavy atom. The summed E-state index contributed by atoms with van der Waals surface area (Å²) in [5, 5.41) is 11.5. The first-order chi connectivity index (χ1) is 8.50. The predicted octanol–water partition coefficient (Wildman–Crippen LogP) is 0.0682. The molecule has 0 aromatic rings. The Morgan fingerprint density at radius 1 is 1.37 bits per heavy atom. The monoisotopic (exact) mass is 292 g/mol. The molecule has 0 aliphatic carbocycles. The van der Waals surface area contributed by atoms with Gasteiger partial charge in [-0.2, -0.15) is 0 Å². The van der Waals surface area contributed by atoms with Crippen LogP contribution in [-0.2, 0) is 14.6 Å². The number of carboxylic acid groups (broad SMARTS) is 1. The van der Waals surface area contributed by atoms with Crippen LogP contribution in [0.15, 0.2) is 0 Å². The van der Waals surface area contributed by atoms with Crippen LogP contribution >= 0.6 is 0 Å². The predicted molar refractivity (Wildman–Crippen MR) is 69.7 cm³/mol.